The van der Waals surface area contributed by atoms with E-state index in [1.54, 1.807) is 0 Å². The molecule has 0 aromatic carbocycles. The van der Waals surface area contributed by atoms with Gasteiger partial charge in [0.05, 0.1) is 27.7 Å². The first-order valence-electron chi connectivity index (χ1n) is 29.4. The third-order valence-electron chi connectivity index (χ3n) is 12.4. The summed E-state index contributed by atoms with van der Waals surface area (Å²) in [5.41, 5.74) is 0. The van der Waals surface area contributed by atoms with E-state index in [0.717, 1.165) is 89.9 Å². The number of rotatable bonds is 53. The van der Waals surface area contributed by atoms with Gasteiger partial charge in [-0.3, -0.25) is 14.2 Å². The van der Waals surface area contributed by atoms with Crippen LogP contribution < -0.4 is 4.89 Å². The molecule has 0 rings (SSSR count). The van der Waals surface area contributed by atoms with Gasteiger partial charge >= 0.3 is 11.9 Å². The first kappa shape index (κ1) is 69.9. The summed E-state index contributed by atoms with van der Waals surface area (Å²) in [6, 6.07) is 0. The Morgan fingerprint density at radius 1 is 0.438 bits per heavy atom. The molecule has 2 unspecified atom stereocenters. The molecule has 73 heavy (non-hydrogen) atoms. The Morgan fingerprint density at radius 3 is 1.16 bits per heavy atom. The largest absolute Gasteiger partial charge is 0.756 e. The van der Waals surface area contributed by atoms with Gasteiger partial charge in [0.25, 0.3) is 7.82 Å². The van der Waals surface area contributed by atoms with E-state index in [4.69, 9.17) is 18.5 Å². The van der Waals surface area contributed by atoms with Gasteiger partial charge in [-0.05, 0) is 77.0 Å². The predicted molar refractivity (Wildman–Crippen MR) is 309 cm³/mol. The summed E-state index contributed by atoms with van der Waals surface area (Å²) >= 11 is 0. The van der Waals surface area contributed by atoms with E-state index in [1.807, 2.05) is 21.1 Å². The van der Waals surface area contributed by atoms with Gasteiger partial charge in [-0.2, -0.15) is 0 Å². The molecular weight excluding hydrogens is 930 g/mol. The van der Waals surface area contributed by atoms with E-state index in [2.05, 4.69) is 111 Å². The van der Waals surface area contributed by atoms with Crippen LogP contribution >= 0.6 is 7.82 Å². The van der Waals surface area contributed by atoms with Gasteiger partial charge in [0.15, 0.2) is 6.10 Å². The van der Waals surface area contributed by atoms with E-state index in [0.29, 0.717) is 17.4 Å². The number of hydrogen-bond donors (Lipinski definition) is 0. The molecule has 0 fully saturated rings. The number of phosphoric acid groups is 1. The highest BCUT2D eigenvalue weighted by Gasteiger charge is 2.22. The fourth-order valence-corrected chi connectivity index (χ4v) is 8.58. The van der Waals surface area contributed by atoms with Crippen LogP contribution in [0.2, 0.25) is 0 Å². The van der Waals surface area contributed by atoms with E-state index < -0.39 is 26.5 Å². The maximum absolute atomic E-state index is 12.7. The van der Waals surface area contributed by atoms with Crippen molar-refractivity contribution in [3.63, 3.8) is 0 Å². The van der Waals surface area contributed by atoms with Gasteiger partial charge in [0.1, 0.15) is 19.8 Å². The minimum Gasteiger partial charge on any atom is -0.756 e. The molecule has 0 aliphatic rings. The number of ether oxygens (including phenoxy) is 2. The molecular formula is C63H110NO8P. The SMILES string of the molecule is CC/C=C\C/C=C\C/C=C\C/C=C\C/C=C\C/C=C\C/C=C\C/C=C\CCCCCCCCCCCCCCCCCCC(=O)OC(COC(=O)CCCCCCCCCC)COP(=O)([O-])OCC[N+](C)(C)C. The van der Waals surface area contributed by atoms with E-state index in [1.165, 1.54) is 116 Å². The third kappa shape index (κ3) is 58.1. The average Bonchev–Trinajstić information content (AvgIpc) is 3.35. The van der Waals surface area contributed by atoms with Crippen molar-refractivity contribution in [1.82, 2.24) is 0 Å². The molecule has 0 aliphatic heterocycles. The van der Waals surface area contributed by atoms with Crippen LogP contribution in [0.5, 0.6) is 0 Å². The monoisotopic (exact) mass is 1040 g/mol. The molecule has 9 nitrogen and oxygen atoms in total. The predicted octanol–water partition coefficient (Wildman–Crippen LogP) is 17.8. The molecule has 0 bridgehead atoms. The summed E-state index contributed by atoms with van der Waals surface area (Å²) in [4.78, 5) is 37.6. The highest BCUT2D eigenvalue weighted by atomic mass is 31.2. The maximum Gasteiger partial charge on any atom is 0.306 e. The van der Waals surface area contributed by atoms with Crippen molar-refractivity contribution in [3.05, 3.63) is 97.2 Å². The number of esters is 2. The molecule has 0 amide bonds. The Kier molecular flexibility index (Phi) is 51.5. The standard InChI is InChI=1S/C63H110NO8P/c1-6-8-10-12-14-16-17-18-19-20-21-22-23-24-25-26-27-28-29-30-31-32-33-34-35-36-37-38-39-40-41-42-43-44-45-46-47-48-50-52-54-56-63(66)72-61(60-71-73(67,68)70-58-57-64(3,4)5)59-69-62(65)55-53-51-49-15-13-11-9-7-2/h8,10,14,16,18-19,21-22,24-25,27-28,30-31,33-34,61H,6-7,9,11-13,15,17,20,23,26,29,32,35-60H2,1-5H3/b10-8-,16-14-,19-18-,22-21-,25-24-,28-27-,31-30-,34-33-. The van der Waals surface area contributed by atoms with Crippen molar-refractivity contribution >= 4 is 19.8 Å². The topological polar surface area (TPSA) is 111 Å². The molecule has 0 aromatic rings. The number of hydrogen-bond acceptors (Lipinski definition) is 8. The zero-order valence-corrected chi connectivity index (χ0v) is 48.4. The van der Waals surface area contributed by atoms with Gasteiger partial charge in [-0.15, -0.1) is 0 Å². The molecule has 2 atom stereocenters. The summed E-state index contributed by atoms with van der Waals surface area (Å²) in [5.74, 6) is -0.836. The van der Waals surface area contributed by atoms with Crippen molar-refractivity contribution in [2.45, 2.75) is 245 Å². The summed E-state index contributed by atoms with van der Waals surface area (Å²) in [5, 5.41) is 0. The van der Waals surface area contributed by atoms with Crippen LogP contribution in [-0.4, -0.2) is 70.0 Å². The molecule has 0 saturated heterocycles. The third-order valence-corrected chi connectivity index (χ3v) is 13.3. The van der Waals surface area contributed by atoms with Crippen LogP contribution in [0.15, 0.2) is 97.2 Å². The number of likely N-dealkylation sites (N-methyl/N-ethyl adjacent to an activating group) is 1. The Hall–Kier alpha value is -3.07. The molecule has 0 saturated carbocycles. The zero-order chi connectivity index (χ0) is 53.5. The molecule has 0 aromatic heterocycles. The Morgan fingerprint density at radius 2 is 0.781 bits per heavy atom. The van der Waals surface area contributed by atoms with Gasteiger partial charge in [0, 0.05) is 12.8 Å². The number of unbranched alkanes of at least 4 members (excludes halogenated alkanes) is 23. The fourth-order valence-electron chi connectivity index (χ4n) is 7.85. The van der Waals surface area contributed by atoms with Crippen molar-refractivity contribution in [3.8, 4) is 0 Å². The highest BCUT2D eigenvalue weighted by molar-refractivity contribution is 7.45. The van der Waals surface area contributed by atoms with E-state index in [9.17, 15) is 19.0 Å². The number of allylic oxidation sites excluding steroid dienone is 16. The number of quaternary nitrogens is 1. The Labute approximate surface area is 449 Å². The van der Waals surface area contributed by atoms with Gasteiger partial charge in [0.2, 0.25) is 0 Å². The second-order valence-electron chi connectivity index (χ2n) is 20.6. The molecule has 10 heteroatoms. The minimum absolute atomic E-state index is 0.0318. The van der Waals surface area contributed by atoms with Crippen molar-refractivity contribution < 1.29 is 42.1 Å². The van der Waals surface area contributed by atoms with E-state index in [-0.39, 0.29) is 32.0 Å². The lowest BCUT2D eigenvalue weighted by molar-refractivity contribution is -0.870. The zero-order valence-electron chi connectivity index (χ0n) is 47.6. The van der Waals surface area contributed by atoms with Crippen LogP contribution in [0.25, 0.3) is 0 Å². The minimum atomic E-state index is -4.63. The lowest BCUT2D eigenvalue weighted by Crippen LogP contribution is -2.37. The van der Waals surface area contributed by atoms with Crippen LogP contribution in [0.3, 0.4) is 0 Å². The second-order valence-corrected chi connectivity index (χ2v) is 22.0. The normalized spacial score (nSPS) is 14.0. The molecule has 0 radical (unpaired) electrons. The highest BCUT2D eigenvalue weighted by Crippen LogP contribution is 2.38. The summed E-state index contributed by atoms with van der Waals surface area (Å²) in [7, 11) is 1.16. The van der Waals surface area contributed by atoms with E-state index >= 15 is 0 Å². The average molecular weight is 1040 g/mol. The van der Waals surface area contributed by atoms with Crippen LogP contribution in [0.4, 0.5) is 0 Å². The molecule has 0 spiro atoms. The van der Waals surface area contributed by atoms with Gasteiger partial charge < -0.3 is 27.9 Å². The summed E-state index contributed by atoms with van der Waals surface area (Å²) in [6.45, 7) is 4.08. The fraction of sp³-hybridized carbons (Fsp3) is 0.714. The van der Waals surface area contributed by atoms with Gasteiger partial charge in [-0.25, -0.2) is 0 Å². The van der Waals surface area contributed by atoms with Crippen LogP contribution in [-0.2, 0) is 32.7 Å². The quantitative estimate of drug-likeness (QED) is 0.0195. The number of carbonyl (C=O) groups is 2. The number of nitrogens with zero attached hydrogens (tertiary/aromatic N) is 1. The van der Waals surface area contributed by atoms with Crippen molar-refractivity contribution in [1.29, 1.82) is 0 Å². The lowest BCUT2D eigenvalue weighted by Gasteiger charge is -2.28. The summed E-state index contributed by atoms with van der Waals surface area (Å²) in [6.07, 6.45) is 73.5. The molecule has 0 aliphatic carbocycles. The van der Waals surface area contributed by atoms with Crippen molar-refractivity contribution in [2.75, 3.05) is 47.5 Å². The summed E-state index contributed by atoms with van der Waals surface area (Å²) < 4.78 is 34.0. The lowest BCUT2D eigenvalue weighted by atomic mass is 10.0. The number of phosphoric ester groups is 1. The molecule has 0 heterocycles. The second kappa shape index (κ2) is 53.7. The first-order chi connectivity index (χ1) is 35.5. The number of carbonyl (C=O) groups excluding carboxylic acids is 2. The first-order valence-corrected chi connectivity index (χ1v) is 30.9. The van der Waals surface area contributed by atoms with Crippen LogP contribution in [0, 0.1) is 0 Å². The Balaban J connectivity index is 3.90. The van der Waals surface area contributed by atoms with Crippen molar-refractivity contribution in [2.24, 2.45) is 0 Å². The van der Waals surface area contributed by atoms with Crippen LogP contribution in [0.1, 0.15) is 239 Å². The maximum atomic E-state index is 12.7. The molecule has 420 valence electrons. The Bertz CT molecular complexity index is 1550. The molecule has 0 N–H and O–H groups in total. The smallest absolute Gasteiger partial charge is 0.306 e. The van der Waals surface area contributed by atoms with Gasteiger partial charge in [-0.1, -0.05) is 246 Å².